The van der Waals surface area contributed by atoms with Crippen LogP contribution in [0, 0.1) is 20.8 Å². The van der Waals surface area contributed by atoms with Gasteiger partial charge in [-0.05, 0) is 83.4 Å². The standard InChI is InChI=1S/C22H21BrN2O5S/c1-11-5-12(2)19(13(3)6-11)24-18(26)10-25-21(28)17(31-22(25)29)9-14-7-15(23)20(27)16(8-14)30-4/h5-9,27H,10H2,1-4H3,(H,24,26)/b17-9+. The van der Waals surface area contributed by atoms with E-state index in [-0.39, 0.29) is 22.9 Å². The zero-order chi connectivity index (χ0) is 22.9. The van der Waals surface area contributed by atoms with Crippen LogP contribution in [-0.2, 0) is 9.59 Å². The normalized spacial score (nSPS) is 15.0. The van der Waals surface area contributed by atoms with Crippen molar-refractivity contribution in [2.45, 2.75) is 20.8 Å². The van der Waals surface area contributed by atoms with Crippen molar-refractivity contribution in [1.29, 1.82) is 0 Å². The van der Waals surface area contributed by atoms with Crippen LogP contribution in [0.5, 0.6) is 11.5 Å². The number of aromatic hydroxyl groups is 1. The van der Waals surface area contributed by atoms with Crippen molar-refractivity contribution in [2.75, 3.05) is 19.0 Å². The SMILES string of the molecule is COc1cc(/C=C2/SC(=O)N(CC(=O)Nc3c(C)cc(C)cc3C)C2=O)cc(Br)c1O. The third-order valence-electron chi connectivity index (χ3n) is 4.69. The summed E-state index contributed by atoms with van der Waals surface area (Å²) in [4.78, 5) is 38.7. The molecule has 0 bridgehead atoms. The number of carbonyl (C=O) groups is 3. The number of hydrogen-bond acceptors (Lipinski definition) is 6. The molecule has 3 rings (SSSR count). The Bertz CT molecular complexity index is 1110. The maximum atomic E-state index is 12.7. The molecule has 2 aromatic rings. The van der Waals surface area contributed by atoms with E-state index in [1.807, 2.05) is 32.9 Å². The average molecular weight is 505 g/mol. The van der Waals surface area contributed by atoms with Gasteiger partial charge in [0.2, 0.25) is 5.91 Å². The molecule has 1 aliphatic rings. The van der Waals surface area contributed by atoms with Gasteiger partial charge in [0.1, 0.15) is 6.54 Å². The van der Waals surface area contributed by atoms with Gasteiger partial charge in [0.05, 0.1) is 16.5 Å². The van der Waals surface area contributed by atoms with Crippen LogP contribution in [0.2, 0.25) is 0 Å². The number of imide groups is 1. The van der Waals surface area contributed by atoms with Crippen molar-refractivity contribution < 1.29 is 24.2 Å². The number of halogens is 1. The van der Waals surface area contributed by atoms with Crippen LogP contribution < -0.4 is 10.1 Å². The minimum Gasteiger partial charge on any atom is -0.503 e. The van der Waals surface area contributed by atoms with Gasteiger partial charge < -0.3 is 15.2 Å². The maximum absolute atomic E-state index is 12.7. The lowest BCUT2D eigenvalue weighted by molar-refractivity contribution is -0.127. The fourth-order valence-corrected chi connectivity index (χ4v) is 4.62. The number of nitrogens with one attached hydrogen (secondary N) is 1. The Morgan fingerprint density at radius 1 is 1.19 bits per heavy atom. The van der Waals surface area contributed by atoms with Gasteiger partial charge >= 0.3 is 0 Å². The molecule has 2 N–H and O–H groups in total. The Morgan fingerprint density at radius 3 is 2.45 bits per heavy atom. The number of benzene rings is 2. The number of aryl methyl sites for hydroxylation is 3. The van der Waals surface area contributed by atoms with Crippen molar-refractivity contribution in [3.63, 3.8) is 0 Å². The van der Waals surface area contributed by atoms with Crippen LogP contribution in [0.25, 0.3) is 6.08 Å². The summed E-state index contributed by atoms with van der Waals surface area (Å²) in [5.74, 6) is -0.840. The number of anilines is 1. The summed E-state index contributed by atoms with van der Waals surface area (Å²) < 4.78 is 5.49. The molecule has 0 atom stereocenters. The van der Waals surface area contributed by atoms with Crippen LogP contribution in [0.15, 0.2) is 33.6 Å². The van der Waals surface area contributed by atoms with Gasteiger partial charge in [0, 0.05) is 5.69 Å². The highest BCUT2D eigenvalue weighted by Crippen LogP contribution is 2.38. The van der Waals surface area contributed by atoms with Crippen molar-refractivity contribution in [3.8, 4) is 11.5 Å². The van der Waals surface area contributed by atoms with E-state index < -0.39 is 17.1 Å². The average Bonchev–Trinajstić information content (AvgIpc) is 2.94. The highest BCUT2D eigenvalue weighted by Gasteiger charge is 2.36. The second kappa shape index (κ2) is 9.15. The van der Waals surface area contributed by atoms with Crippen molar-refractivity contribution in [1.82, 2.24) is 4.90 Å². The molecule has 1 aliphatic heterocycles. The predicted octanol–water partition coefficient (Wildman–Crippen LogP) is 4.76. The highest BCUT2D eigenvalue weighted by molar-refractivity contribution is 9.10. The van der Waals surface area contributed by atoms with Crippen LogP contribution in [0.4, 0.5) is 10.5 Å². The third-order valence-corrected chi connectivity index (χ3v) is 6.20. The Morgan fingerprint density at radius 2 is 1.84 bits per heavy atom. The summed E-state index contributed by atoms with van der Waals surface area (Å²) in [7, 11) is 1.41. The first kappa shape index (κ1) is 22.9. The summed E-state index contributed by atoms with van der Waals surface area (Å²) in [5.41, 5.74) is 4.14. The summed E-state index contributed by atoms with van der Waals surface area (Å²) >= 11 is 3.98. The van der Waals surface area contributed by atoms with Crippen LogP contribution >= 0.6 is 27.7 Å². The number of carbonyl (C=O) groups excluding carboxylic acids is 3. The predicted molar refractivity (Wildman–Crippen MR) is 124 cm³/mol. The van der Waals surface area contributed by atoms with E-state index in [9.17, 15) is 19.5 Å². The zero-order valence-electron chi connectivity index (χ0n) is 17.4. The van der Waals surface area contributed by atoms with E-state index >= 15 is 0 Å². The largest absolute Gasteiger partial charge is 0.503 e. The fraction of sp³-hybridized carbons (Fsp3) is 0.227. The van der Waals surface area contributed by atoms with Gasteiger partial charge in [-0.15, -0.1) is 0 Å². The lowest BCUT2D eigenvalue weighted by atomic mass is 10.1. The van der Waals surface area contributed by atoms with E-state index in [1.165, 1.54) is 13.2 Å². The second-order valence-electron chi connectivity index (χ2n) is 7.14. The number of amides is 3. The molecular formula is C22H21BrN2O5S. The first-order valence-electron chi connectivity index (χ1n) is 9.30. The molecule has 0 saturated carbocycles. The van der Waals surface area contributed by atoms with Gasteiger partial charge in [-0.2, -0.15) is 0 Å². The fourth-order valence-electron chi connectivity index (χ4n) is 3.32. The molecule has 0 aromatic heterocycles. The molecule has 2 aromatic carbocycles. The lowest BCUT2D eigenvalue weighted by Gasteiger charge is -2.15. The van der Waals surface area contributed by atoms with Crippen LogP contribution in [0.1, 0.15) is 22.3 Å². The molecular weight excluding hydrogens is 484 g/mol. The number of hydrogen-bond donors (Lipinski definition) is 2. The van der Waals surface area contributed by atoms with Crippen LogP contribution in [0.3, 0.4) is 0 Å². The molecule has 1 fully saturated rings. The first-order valence-corrected chi connectivity index (χ1v) is 10.9. The summed E-state index contributed by atoms with van der Waals surface area (Å²) in [6.07, 6.45) is 1.52. The molecule has 0 spiro atoms. The number of rotatable bonds is 5. The molecule has 3 amide bonds. The number of nitrogens with zero attached hydrogens (tertiary/aromatic N) is 1. The number of phenols is 1. The summed E-state index contributed by atoms with van der Waals surface area (Å²) in [6.45, 7) is 5.38. The molecule has 1 saturated heterocycles. The third kappa shape index (κ3) is 4.94. The van der Waals surface area contributed by atoms with Crippen LogP contribution in [-0.4, -0.2) is 40.7 Å². The minimum absolute atomic E-state index is 0.0638. The summed E-state index contributed by atoms with van der Waals surface area (Å²) in [5, 5.41) is 12.2. The van der Waals surface area contributed by atoms with E-state index in [0.717, 1.165) is 33.4 Å². The van der Waals surface area contributed by atoms with Gasteiger partial charge in [-0.1, -0.05) is 17.7 Å². The van der Waals surface area contributed by atoms with E-state index in [1.54, 1.807) is 12.1 Å². The molecule has 0 aliphatic carbocycles. The molecule has 0 radical (unpaired) electrons. The number of phenolic OH excluding ortho intramolecular Hbond substituents is 1. The Hall–Kier alpha value is -2.78. The van der Waals surface area contributed by atoms with Gasteiger partial charge in [-0.25, -0.2) is 0 Å². The topological polar surface area (TPSA) is 95.9 Å². The lowest BCUT2D eigenvalue weighted by Crippen LogP contribution is -2.36. The van der Waals surface area contributed by atoms with E-state index in [2.05, 4.69) is 21.2 Å². The molecule has 7 nitrogen and oxygen atoms in total. The Kier molecular flexibility index (Phi) is 6.76. The van der Waals surface area contributed by atoms with Gasteiger partial charge in [0.25, 0.3) is 11.1 Å². The summed E-state index contributed by atoms with van der Waals surface area (Å²) in [6, 6.07) is 7.05. The van der Waals surface area contributed by atoms with E-state index in [0.29, 0.717) is 15.7 Å². The Labute approximate surface area is 192 Å². The smallest absolute Gasteiger partial charge is 0.294 e. The molecule has 31 heavy (non-hydrogen) atoms. The molecule has 162 valence electrons. The van der Waals surface area contributed by atoms with Gasteiger partial charge in [-0.3, -0.25) is 19.3 Å². The zero-order valence-corrected chi connectivity index (χ0v) is 19.8. The first-order chi connectivity index (χ1) is 14.6. The quantitative estimate of drug-likeness (QED) is 0.569. The van der Waals surface area contributed by atoms with Crippen molar-refractivity contribution in [2.24, 2.45) is 0 Å². The highest BCUT2D eigenvalue weighted by atomic mass is 79.9. The molecule has 9 heteroatoms. The number of methoxy groups -OCH3 is 1. The number of ether oxygens (including phenoxy) is 1. The van der Waals surface area contributed by atoms with E-state index in [4.69, 9.17) is 4.74 Å². The van der Waals surface area contributed by atoms with Crippen molar-refractivity contribution >= 4 is 56.5 Å². The Balaban J connectivity index is 1.77. The monoisotopic (exact) mass is 504 g/mol. The van der Waals surface area contributed by atoms with Gasteiger partial charge in [0.15, 0.2) is 11.5 Å². The second-order valence-corrected chi connectivity index (χ2v) is 8.99. The maximum Gasteiger partial charge on any atom is 0.294 e. The van der Waals surface area contributed by atoms with Crippen molar-refractivity contribution in [3.05, 3.63) is 55.9 Å². The minimum atomic E-state index is -0.550. The number of thioether (sulfide) groups is 1. The molecule has 1 heterocycles. The molecule has 0 unspecified atom stereocenters.